The normalized spacial score (nSPS) is 11.7. The lowest BCUT2D eigenvalue weighted by Crippen LogP contribution is -2.21. The van der Waals surface area contributed by atoms with Crippen LogP contribution in [0.4, 0.5) is 0 Å². The number of likely N-dealkylation sites (N-methyl/N-ethyl adjacent to an activating group) is 1. The molecule has 0 bridgehead atoms. The van der Waals surface area contributed by atoms with Crippen molar-refractivity contribution in [1.29, 1.82) is 5.53 Å². The van der Waals surface area contributed by atoms with Crippen molar-refractivity contribution < 1.29 is 4.79 Å². The van der Waals surface area contributed by atoms with Crippen LogP contribution in [0.2, 0.25) is 0 Å². The summed E-state index contributed by atoms with van der Waals surface area (Å²) in [7, 11) is 1.49. The van der Waals surface area contributed by atoms with Crippen molar-refractivity contribution in [2.24, 2.45) is 22.3 Å². The third kappa shape index (κ3) is 8.56. The van der Waals surface area contributed by atoms with Crippen LogP contribution >= 0.6 is 0 Å². The summed E-state index contributed by atoms with van der Waals surface area (Å²) in [5, 5.41) is 8.44. The van der Waals surface area contributed by atoms with E-state index in [0.29, 0.717) is 12.2 Å². The summed E-state index contributed by atoms with van der Waals surface area (Å²) in [6.45, 7) is 0.665. The molecule has 0 aromatic heterocycles. The molecule has 8 nitrogen and oxygen atoms in total. The van der Waals surface area contributed by atoms with Crippen LogP contribution in [-0.4, -0.2) is 19.5 Å². The first-order valence-electron chi connectivity index (χ1n) is 6.21. The topological polar surface area (TPSA) is 155 Å². The van der Waals surface area contributed by atoms with Gasteiger partial charge >= 0.3 is 0 Å². The number of carbonyl (C=O) groups is 1. The molecule has 0 rings (SSSR count). The molecule has 0 aromatic carbocycles. The van der Waals surface area contributed by atoms with E-state index < -0.39 is 5.91 Å². The van der Waals surface area contributed by atoms with Crippen LogP contribution in [0.5, 0.6) is 0 Å². The zero-order chi connectivity index (χ0) is 15.4. The molecule has 0 saturated carbocycles. The molecule has 0 atom stereocenters. The molecule has 0 aromatic rings. The highest BCUT2D eigenvalue weighted by Gasteiger charge is 2.04. The van der Waals surface area contributed by atoms with Gasteiger partial charge in [0.2, 0.25) is 0 Å². The number of amides is 1. The number of nitrogens with zero attached hydrogens (tertiary/aromatic N) is 1. The molecule has 0 fully saturated rings. The number of hydrogen-bond acceptors (Lipinski definition) is 7. The number of rotatable bonds is 9. The Hall–Kier alpha value is -2.51. The Morgan fingerprint density at radius 3 is 2.50 bits per heavy atom. The Morgan fingerprint density at radius 2 is 1.95 bits per heavy atom. The average Bonchev–Trinajstić information content (AvgIpc) is 2.43. The van der Waals surface area contributed by atoms with E-state index in [-0.39, 0.29) is 11.5 Å². The van der Waals surface area contributed by atoms with Crippen molar-refractivity contribution in [3.63, 3.8) is 0 Å². The van der Waals surface area contributed by atoms with Gasteiger partial charge in [0.05, 0.1) is 5.82 Å². The first kappa shape index (κ1) is 17.5. The number of carbonyl (C=O) groups excluding carboxylic acids is 1. The predicted octanol–water partition coefficient (Wildman–Crippen LogP) is -0.0339. The molecule has 0 aliphatic carbocycles. The molecular formula is C12H23N7O. The average molecular weight is 281 g/mol. The summed E-state index contributed by atoms with van der Waals surface area (Å²) in [5.74, 6) is -0.175. The zero-order valence-electron chi connectivity index (χ0n) is 11.6. The molecule has 1 amide bonds. The number of unbranched alkanes of at least 4 members (excludes halogenated alkanes) is 1. The van der Waals surface area contributed by atoms with Crippen LogP contribution in [-0.2, 0) is 4.79 Å². The molecule has 0 spiro atoms. The summed E-state index contributed by atoms with van der Waals surface area (Å²) in [6.07, 6.45) is 7.15. The molecule has 0 unspecified atom stereocenters. The van der Waals surface area contributed by atoms with Gasteiger partial charge in [-0.1, -0.05) is 0 Å². The maximum Gasteiger partial charge on any atom is 0.273 e. The van der Waals surface area contributed by atoms with Gasteiger partial charge in [0.1, 0.15) is 0 Å². The minimum absolute atomic E-state index is 0.0375. The largest absolute Gasteiger partial charge is 0.402 e. The van der Waals surface area contributed by atoms with Gasteiger partial charge < -0.3 is 27.8 Å². The molecule has 8 heteroatoms. The van der Waals surface area contributed by atoms with Gasteiger partial charge in [0.15, 0.2) is 5.70 Å². The van der Waals surface area contributed by atoms with Crippen LogP contribution in [0, 0.1) is 5.53 Å². The van der Waals surface area contributed by atoms with Crippen LogP contribution in [0.1, 0.15) is 19.3 Å². The second-order valence-corrected chi connectivity index (χ2v) is 4.04. The molecule has 0 radical (unpaired) electrons. The molecule has 0 aliphatic heterocycles. The van der Waals surface area contributed by atoms with E-state index in [0.717, 1.165) is 19.3 Å². The zero-order valence-corrected chi connectivity index (χ0v) is 11.6. The van der Waals surface area contributed by atoms with Crippen molar-refractivity contribution in [1.82, 2.24) is 10.6 Å². The van der Waals surface area contributed by atoms with Gasteiger partial charge in [0.25, 0.3) is 5.91 Å². The van der Waals surface area contributed by atoms with Gasteiger partial charge in [-0.3, -0.25) is 4.79 Å². The van der Waals surface area contributed by atoms with Gasteiger partial charge in [-0.2, -0.15) is 5.11 Å². The Morgan fingerprint density at radius 1 is 1.25 bits per heavy atom. The maximum atomic E-state index is 11.2. The highest BCUT2D eigenvalue weighted by molar-refractivity contribution is 5.92. The molecule has 9 N–H and O–H groups in total. The minimum atomic E-state index is -0.397. The maximum absolute atomic E-state index is 11.2. The fourth-order valence-corrected chi connectivity index (χ4v) is 1.29. The highest BCUT2D eigenvalue weighted by atomic mass is 16.1. The third-order valence-corrected chi connectivity index (χ3v) is 2.35. The van der Waals surface area contributed by atoms with Gasteiger partial charge in [-0.25, -0.2) is 5.53 Å². The Kier molecular flexibility index (Phi) is 9.11. The lowest BCUT2D eigenvalue weighted by Gasteiger charge is -2.03. The highest BCUT2D eigenvalue weighted by Crippen LogP contribution is 2.02. The van der Waals surface area contributed by atoms with Gasteiger partial charge in [0, 0.05) is 25.5 Å². The first-order chi connectivity index (χ1) is 9.51. The second kappa shape index (κ2) is 10.4. The molecule has 0 saturated heterocycles. The fourth-order valence-electron chi connectivity index (χ4n) is 1.29. The minimum Gasteiger partial charge on any atom is -0.402 e. The van der Waals surface area contributed by atoms with E-state index in [1.807, 2.05) is 0 Å². The van der Waals surface area contributed by atoms with Crippen molar-refractivity contribution in [2.45, 2.75) is 19.3 Å². The quantitative estimate of drug-likeness (QED) is 0.151. The van der Waals surface area contributed by atoms with Crippen LogP contribution in [0.25, 0.3) is 0 Å². The number of nitrogens with one attached hydrogen (secondary N) is 3. The summed E-state index contributed by atoms with van der Waals surface area (Å²) >= 11 is 0. The van der Waals surface area contributed by atoms with E-state index in [9.17, 15) is 4.79 Å². The Labute approximate surface area is 118 Å². The van der Waals surface area contributed by atoms with E-state index in [2.05, 4.69) is 15.7 Å². The smallest absolute Gasteiger partial charge is 0.273 e. The van der Waals surface area contributed by atoms with Gasteiger partial charge in [-0.15, -0.1) is 0 Å². The van der Waals surface area contributed by atoms with E-state index in [4.69, 9.17) is 22.7 Å². The van der Waals surface area contributed by atoms with Crippen molar-refractivity contribution in [3.05, 3.63) is 35.6 Å². The van der Waals surface area contributed by atoms with E-state index in [1.54, 1.807) is 12.2 Å². The summed E-state index contributed by atoms with van der Waals surface area (Å²) in [5.41, 5.74) is 23.9. The Bertz CT molecular complexity index is 408. The standard InChI is InChI=1S/C12H23N7O/c1-17-12(20)10(19-16)8-18-7-3-2-4-9(13)5-6-11(14)15/h5-6,8,16,18H,2-4,7,13-15H2,1H3,(H,17,20)/b9-5-,10-8-,19-16?. The number of hydrogen-bond donors (Lipinski definition) is 6. The van der Waals surface area contributed by atoms with Gasteiger partial charge in [-0.05, 0) is 31.4 Å². The molecular weight excluding hydrogens is 258 g/mol. The molecule has 112 valence electrons. The summed E-state index contributed by atoms with van der Waals surface area (Å²) in [4.78, 5) is 11.2. The lowest BCUT2D eigenvalue weighted by atomic mass is 10.2. The summed E-state index contributed by atoms with van der Waals surface area (Å²) < 4.78 is 0. The monoisotopic (exact) mass is 281 g/mol. The number of allylic oxidation sites excluding steroid dienone is 3. The molecule has 0 heterocycles. The first-order valence-corrected chi connectivity index (χ1v) is 6.21. The second-order valence-electron chi connectivity index (χ2n) is 4.04. The van der Waals surface area contributed by atoms with Crippen LogP contribution < -0.4 is 27.8 Å². The fraction of sp³-hybridized carbons (Fsp3) is 0.417. The third-order valence-electron chi connectivity index (χ3n) is 2.35. The Balaban J connectivity index is 3.90. The molecule has 20 heavy (non-hydrogen) atoms. The van der Waals surface area contributed by atoms with Crippen molar-refractivity contribution >= 4 is 5.91 Å². The van der Waals surface area contributed by atoms with Crippen LogP contribution in [0.3, 0.4) is 0 Å². The SMILES string of the molecule is CNC(=O)/C(=C/NCCCC/C(N)=C/C=C(N)N)N=N. The molecule has 0 aliphatic rings. The van der Waals surface area contributed by atoms with Crippen molar-refractivity contribution in [2.75, 3.05) is 13.6 Å². The van der Waals surface area contributed by atoms with E-state index in [1.165, 1.54) is 13.2 Å². The predicted molar refractivity (Wildman–Crippen MR) is 77.9 cm³/mol. The van der Waals surface area contributed by atoms with E-state index >= 15 is 0 Å². The summed E-state index contributed by atoms with van der Waals surface area (Å²) in [6, 6.07) is 0. The van der Waals surface area contributed by atoms with Crippen LogP contribution in [0.15, 0.2) is 40.7 Å². The lowest BCUT2D eigenvalue weighted by molar-refractivity contribution is -0.117. The number of nitrogens with two attached hydrogens (primary N) is 3. The van der Waals surface area contributed by atoms with Crippen molar-refractivity contribution in [3.8, 4) is 0 Å².